The highest BCUT2D eigenvalue weighted by Crippen LogP contribution is 2.23. The molecule has 2 unspecified atom stereocenters. The summed E-state index contributed by atoms with van der Waals surface area (Å²) in [6, 6.07) is 1.72. The first-order chi connectivity index (χ1) is 8.83. The molecule has 4 nitrogen and oxygen atoms in total. The lowest BCUT2D eigenvalue weighted by Crippen LogP contribution is -2.37. The van der Waals surface area contributed by atoms with E-state index in [0.29, 0.717) is 12.4 Å². The molecule has 2 heterocycles. The Balaban J connectivity index is 1.72. The molecule has 1 N–H and O–H groups in total. The van der Waals surface area contributed by atoms with E-state index in [2.05, 4.69) is 15.5 Å². The van der Waals surface area contributed by atoms with E-state index in [-0.39, 0.29) is 6.04 Å². The van der Waals surface area contributed by atoms with Crippen LogP contribution < -0.4 is 5.32 Å². The van der Waals surface area contributed by atoms with Crippen LogP contribution in [0.4, 0.5) is 10.2 Å². The number of hydrogen-bond acceptors (Lipinski definition) is 4. The fourth-order valence-corrected chi connectivity index (χ4v) is 2.64. The van der Waals surface area contributed by atoms with E-state index in [1.54, 1.807) is 0 Å². The van der Waals surface area contributed by atoms with Gasteiger partial charge >= 0.3 is 0 Å². The van der Waals surface area contributed by atoms with Gasteiger partial charge in [0.2, 0.25) is 6.36 Å². The molecule has 0 bridgehead atoms. The van der Waals surface area contributed by atoms with Gasteiger partial charge in [0, 0.05) is 0 Å². The first-order valence-corrected chi connectivity index (χ1v) is 6.70. The molecule has 1 aromatic rings. The average molecular weight is 251 g/mol. The fourth-order valence-electron chi connectivity index (χ4n) is 2.64. The lowest BCUT2D eigenvalue weighted by molar-refractivity contribution is -0.0758. The molecule has 1 aliphatic carbocycles. The number of fused-ring (bicyclic) bond motifs is 1. The summed E-state index contributed by atoms with van der Waals surface area (Å²) in [6.45, 7) is 0.509. The van der Waals surface area contributed by atoms with Gasteiger partial charge in [-0.1, -0.05) is 0 Å². The number of alkyl halides is 1. The molecule has 98 valence electrons. The van der Waals surface area contributed by atoms with Gasteiger partial charge in [0.05, 0.1) is 18.3 Å². The van der Waals surface area contributed by atoms with Gasteiger partial charge in [-0.25, -0.2) is 4.39 Å². The van der Waals surface area contributed by atoms with Crippen LogP contribution in [-0.4, -0.2) is 29.2 Å². The summed E-state index contributed by atoms with van der Waals surface area (Å²) in [5, 5.41) is 11.5. The maximum absolute atomic E-state index is 13.5. The maximum Gasteiger partial charge on any atom is 0.219 e. The SMILES string of the molecule is FC1OCCCC1Nc1cc2c(nn1)CCCC2. The summed E-state index contributed by atoms with van der Waals surface area (Å²) in [7, 11) is 0. The summed E-state index contributed by atoms with van der Waals surface area (Å²) in [6.07, 6.45) is 4.89. The minimum Gasteiger partial charge on any atom is -0.360 e. The second-order valence-corrected chi connectivity index (χ2v) is 5.02. The summed E-state index contributed by atoms with van der Waals surface area (Å²) in [4.78, 5) is 0. The minimum atomic E-state index is -1.24. The van der Waals surface area contributed by atoms with Crippen LogP contribution >= 0.6 is 0 Å². The van der Waals surface area contributed by atoms with Crippen molar-refractivity contribution in [2.24, 2.45) is 0 Å². The maximum atomic E-state index is 13.5. The first-order valence-electron chi connectivity index (χ1n) is 6.70. The topological polar surface area (TPSA) is 47.0 Å². The molecule has 1 aromatic heterocycles. The molecule has 18 heavy (non-hydrogen) atoms. The van der Waals surface area contributed by atoms with Crippen LogP contribution in [0.2, 0.25) is 0 Å². The Morgan fingerprint density at radius 2 is 2.11 bits per heavy atom. The molecule has 1 aliphatic heterocycles. The molecule has 1 saturated heterocycles. The van der Waals surface area contributed by atoms with Crippen LogP contribution in [0.25, 0.3) is 0 Å². The predicted molar refractivity (Wildman–Crippen MR) is 66.2 cm³/mol. The quantitative estimate of drug-likeness (QED) is 0.875. The zero-order chi connectivity index (χ0) is 12.4. The van der Waals surface area contributed by atoms with Gasteiger partial charge < -0.3 is 10.1 Å². The van der Waals surface area contributed by atoms with Crippen molar-refractivity contribution in [3.05, 3.63) is 17.3 Å². The Morgan fingerprint density at radius 3 is 3.00 bits per heavy atom. The number of aromatic nitrogens is 2. The summed E-state index contributed by atoms with van der Waals surface area (Å²) in [5.74, 6) is 0.675. The number of hydrogen-bond donors (Lipinski definition) is 1. The fraction of sp³-hybridized carbons (Fsp3) is 0.692. The van der Waals surface area contributed by atoms with Crippen LogP contribution in [0.5, 0.6) is 0 Å². The molecule has 0 saturated carbocycles. The molecule has 0 spiro atoms. The van der Waals surface area contributed by atoms with E-state index >= 15 is 0 Å². The zero-order valence-corrected chi connectivity index (χ0v) is 10.4. The molecule has 5 heteroatoms. The van der Waals surface area contributed by atoms with Crippen molar-refractivity contribution in [3.8, 4) is 0 Å². The lowest BCUT2D eigenvalue weighted by atomic mass is 9.97. The van der Waals surface area contributed by atoms with Gasteiger partial charge in [-0.15, -0.1) is 5.10 Å². The third-order valence-electron chi connectivity index (χ3n) is 3.66. The summed E-state index contributed by atoms with van der Waals surface area (Å²) >= 11 is 0. The van der Waals surface area contributed by atoms with E-state index in [1.807, 2.05) is 6.07 Å². The predicted octanol–water partition coefficient (Wildman–Crippen LogP) is 2.24. The van der Waals surface area contributed by atoms with Crippen molar-refractivity contribution < 1.29 is 9.13 Å². The van der Waals surface area contributed by atoms with E-state index in [0.717, 1.165) is 31.4 Å². The highest BCUT2D eigenvalue weighted by Gasteiger charge is 2.26. The second kappa shape index (κ2) is 5.18. The zero-order valence-electron chi connectivity index (χ0n) is 10.4. The molecule has 0 aromatic carbocycles. The molecule has 2 atom stereocenters. The molecule has 0 radical (unpaired) electrons. The van der Waals surface area contributed by atoms with Crippen molar-refractivity contribution in [3.63, 3.8) is 0 Å². The van der Waals surface area contributed by atoms with E-state index in [1.165, 1.54) is 18.4 Å². The van der Waals surface area contributed by atoms with Crippen LogP contribution in [0, 0.1) is 0 Å². The van der Waals surface area contributed by atoms with Gasteiger partial charge in [0.25, 0.3) is 0 Å². The molecular weight excluding hydrogens is 233 g/mol. The van der Waals surface area contributed by atoms with Crippen molar-refractivity contribution in [2.75, 3.05) is 11.9 Å². The Hall–Kier alpha value is -1.23. The molecular formula is C13H18FN3O. The van der Waals surface area contributed by atoms with Crippen molar-refractivity contribution in [2.45, 2.75) is 50.9 Å². The van der Waals surface area contributed by atoms with Gasteiger partial charge in [-0.3, -0.25) is 0 Å². The van der Waals surface area contributed by atoms with E-state index in [4.69, 9.17) is 4.74 Å². The van der Waals surface area contributed by atoms with Crippen molar-refractivity contribution in [1.29, 1.82) is 0 Å². The van der Waals surface area contributed by atoms with Crippen LogP contribution in [0.15, 0.2) is 6.07 Å². The largest absolute Gasteiger partial charge is 0.360 e. The number of nitrogens with zero attached hydrogens (tertiary/aromatic N) is 2. The third-order valence-corrected chi connectivity index (χ3v) is 3.66. The lowest BCUT2D eigenvalue weighted by Gasteiger charge is -2.27. The number of halogens is 1. The molecule has 2 aliphatic rings. The minimum absolute atomic E-state index is 0.297. The Kier molecular flexibility index (Phi) is 3.41. The van der Waals surface area contributed by atoms with E-state index < -0.39 is 6.36 Å². The number of nitrogens with one attached hydrogen (secondary N) is 1. The molecule has 0 amide bonds. The number of anilines is 1. The normalized spacial score (nSPS) is 27.6. The summed E-state index contributed by atoms with van der Waals surface area (Å²) < 4.78 is 18.5. The average Bonchev–Trinajstić information content (AvgIpc) is 2.41. The summed E-state index contributed by atoms with van der Waals surface area (Å²) in [5.41, 5.74) is 2.36. The van der Waals surface area contributed by atoms with Crippen LogP contribution in [0.1, 0.15) is 36.9 Å². The second-order valence-electron chi connectivity index (χ2n) is 5.02. The highest BCUT2D eigenvalue weighted by molar-refractivity contribution is 5.40. The van der Waals surface area contributed by atoms with Gasteiger partial charge in [0.15, 0.2) is 0 Å². The Morgan fingerprint density at radius 1 is 1.22 bits per heavy atom. The highest BCUT2D eigenvalue weighted by atomic mass is 19.1. The standard InChI is InChI=1S/C13H18FN3O/c14-13-11(6-3-7-18-13)15-12-8-9-4-1-2-5-10(9)16-17-12/h8,11,13H,1-7H2,(H,15,17). The van der Waals surface area contributed by atoms with Gasteiger partial charge in [0.1, 0.15) is 5.82 Å². The number of ether oxygens (including phenoxy) is 1. The van der Waals surface area contributed by atoms with Crippen molar-refractivity contribution in [1.82, 2.24) is 10.2 Å². The van der Waals surface area contributed by atoms with Crippen molar-refractivity contribution >= 4 is 5.82 Å². The van der Waals surface area contributed by atoms with E-state index in [9.17, 15) is 4.39 Å². The van der Waals surface area contributed by atoms with Crippen LogP contribution in [0.3, 0.4) is 0 Å². The number of aryl methyl sites for hydroxylation is 2. The molecule has 1 fully saturated rings. The third kappa shape index (κ3) is 2.46. The van der Waals surface area contributed by atoms with Crippen LogP contribution in [-0.2, 0) is 17.6 Å². The number of rotatable bonds is 2. The Bertz CT molecular complexity index is 427. The monoisotopic (exact) mass is 251 g/mol. The van der Waals surface area contributed by atoms with Gasteiger partial charge in [-0.2, -0.15) is 5.10 Å². The first kappa shape index (κ1) is 11.8. The smallest absolute Gasteiger partial charge is 0.219 e. The Labute approximate surface area is 106 Å². The van der Waals surface area contributed by atoms with Gasteiger partial charge in [-0.05, 0) is 50.2 Å². The molecule has 3 rings (SSSR count).